The number of urea groups is 1. The second-order valence-corrected chi connectivity index (χ2v) is 5.24. The summed E-state index contributed by atoms with van der Waals surface area (Å²) in [6.45, 7) is 1.57. The summed E-state index contributed by atoms with van der Waals surface area (Å²) < 4.78 is 44.2. The molecule has 0 saturated carbocycles. The van der Waals surface area contributed by atoms with Crippen molar-refractivity contribution in [3.63, 3.8) is 0 Å². The second kappa shape index (κ2) is 6.77. The molecule has 2 amide bonds. The van der Waals surface area contributed by atoms with Crippen molar-refractivity contribution in [2.75, 3.05) is 12.4 Å². The lowest BCUT2D eigenvalue weighted by atomic mass is 10.3. The number of aryl methyl sites for hydroxylation is 1. The van der Waals surface area contributed by atoms with Crippen LogP contribution in [0.15, 0.2) is 17.8 Å². The van der Waals surface area contributed by atoms with E-state index in [1.165, 1.54) is 18.6 Å². The maximum absolute atomic E-state index is 13.1. The molecule has 0 aliphatic rings. The van der Waals surface area contributed by atoms with Crippen molar-refractivity contribution < 1.29 is 22.7 Å². The Hall–Kier alpha value is -2.43. The number of thiazole rings is 1. The topological polar surface area (TPSA) is 89.0 Å². The van der Waals surface area contributed by atoms with E-state index in [1.54, 1.807) is 6.92 Å². The minimum atomic E-state index is -4.68. The van der Waals surface area contributed by atoms with Crippen molar-refractivity contribution in [1.29, 1.82) is 0 Å². The number of carbonyl (C=O) groups is 1. The number of hydrogen-bond donors (Lipinski definition) is 2. The molecular formula is C12H12F3N5O2S. The van der Waals surface area contributed by atoms with E-state index in [2.05, 4.69) is 20.3 Å². The summed E-state index contributed by atoms with van der Waals surface area (Å²) in [5.41, 5.74) is 0.446. The molecule has 0 saturated heterocycles. The molecule has 0 radical (unpaired) electrons. The maximum Gasteiger partial charge on any atom is 0.415 e. The summed E-state index contributed by atoms with van der Waals surface area (Å²) in [5.74, 6) is 0.170. The highest BCUT2D eigenvalue weighted by molar-refractivity contribution is 7.09. The highest BCUT2D eigenvalue weighted by Gasteiger charge is 2.43. The van der Waals surface area contributed by atoms with Crippen molar-refractivity contribution in [3.05, 3.63) is 28.5 Å². The molecule has 2 aromatic heterocycles. The van der Waals surface area contributed by atoms with Gasteiger partial charge in [-0.25, -0.2) is 19.7 Å². The fraction of sp³-hybridized carbons (Fsp3) is 0.333. The average molecular weight is 347 g/mol. The molecule has 0 spiro atoms. The molecule has 0 aliphatic carbocycles. The molecule has 2 N–H and O–H groups in total. The summed E-state index contributed by atoms with van der Waals surface area (Å²) in [6, 6.07) is -2.00. The van der Waals surface area contributed by atoms with Crippen LogP contribution in [0, 0.1) is 6.92 Å². The second-order valence-electron chi connectivity index (χ2n) is 4.35. The minimum Gasteiger partial charge on any atom is -0.481 e. The molecule has 124 valence electrons. The van der Waals surface area contributed by atoms with Crippen molar-refractivity contribution in [2.24, 2.45) is 0 Å². The van der Waals surface area contributed by atoms with E-state index in [4.69, 9.17) is 4.74 Å². The highest BCUT2D eigenvalue weighted by Crippen LogP contribution is 2.34. The van der Waals surface area contributed by atoms with E-state index >= 15 is 0 Å². The first-order valence-corrected chi connectivity index (χ1v) is 7.10. The molecule has 11 heteroatoms. The Morgan fingerprint density at radius 1 is 1.39 bits per heavy atom. The van der Waals surface area contributed by atoms with Crippen molar-refractivity contribution in [2.45, 2.75) is 19.1 Å². The number of methoxy groups -OCH3 is 1. The van der Waals surface area contributed by atoms with Gasteiger partial charge in [0, 0.05) is 17.1 Å². The third-order valence-electron chi connectivity index (χ3n) is 2.58. The lowest BCUT2D eigenvalue weighted by Crippen LogP contribution is -2.40. The summed E-state index contributed by atoms with van der Waals surface area (Å²) in [5, 5.41) is 5.27. The van der Waals surface area contributed by atoms with E-state index in [0.29, 0.717) is 5.69 Å². The molecule has 0 fully saturated rings. The molecule has 23 heavy (non-hydrogen) atoms. The standard InChI is InChI=1S/C12H12F3N5O2S/c1-6-4-23-10(18-6)9(12(13,14)15)20-11(21)19-7-3-8(22-2)17-5-16-7/h3-5,9H,1-2H3,(H2,16,17,19,20,21)/t9-/m0/s1. The van der Waals surface area contributed by atoms with E-state index in [9.17, 15) is 18.0 Å². The van der Waals surface area contributed by atoms with Gasteiger partial charge in [-0.2, -0.15) is 13.2 Å². The number of amides is 2. The molecule has 2 aromatic rings. The lowest BCUT2D eigenvalue weighted by Gasteiger charge is -2.19. The Labute approximate surface area is 132 Å². The SMILES string of the molecule is COc1cc(NC(=O)N[C@@H](c2nc(C)cs2)C(F)(F)F)ncn1. The number of anilines is 1. The number of rotatable bonds is 4. The quantitative estimate of drug-likeness (QED) is 0.888. The Balaban J connectivity index is 2.11. The normalized spacial score (nSPS) is 12.6. The van der Waals surface area contributed by atoms with E-state index in [1.807, 2.05) is 5.32 Å². The third-order valence-corrected chi connectivity index (χ3v) is 3.61. The Kier molecular flexibility index (Phi) is 4.98. The van der Waals surface area contributed by atoms with Crippen LogP contribution in [0.4, 0.5) is 23.8 Å². The Morgan fingerprint density at radius 2 is 2.13 bits per heavy atom. The van der Waals surface area contributed by atoms with E-state index in [0.717, 1.165) is 17.7 Å². The van der Waals surface area contributed by atoms with Gasteiger partial charge < -0.3 is 10.1 Å². The first-order valence-electron chi connectivity index (χ1n) is 6.22. The molecule has 2 rings (SSSR count). The van der Waals surface area contributed by atoms with Gasteiger partial charge in [0.25, 0.3) is 0 Å². The molecule has 7 nitrogen and oxygen atoms in total. The van der Waals surface area contributed by atoms with Crippen LogP contribution in [0.5, 0.6) is 5.88 Å². The van der Waals surface area contributed by atoms with Crippen LogP contribution in [0.25, 0.3) is 0 Å². The Morgan fingerprint density at radius 3 is 2.70 bits per heavy atom. The van der Waals surface area contributed by atoms with Gasteiger partial charge in [0.15, 0.2) is 6.04 Å². The first kappa shape index (κ1) is 16.9. The van der Waals surface area contributed by atoms with Gasteiger partial charge in [-0.3, -0.25) is 5.32 Å². The number of aromatic nitrogens is 3. The Bertz CT molecular complexity index is 691. The highest BCUT2D eigenvalue weighted by atomic mass is 32.1. The number of alkyl halides is 3. The van der Waals surface area contributed by atoms with Crippen LogP contribution < -0.4 is 15.4 Å². The van der Waals surface area contributed by atoms with Crippen molar-refractivity contribution >= 4 is 23.2 Å². The zero-order valence-electron chi connectivity index (χ0n) is 12.0. The predicted octanol–water partition coefficient (Wildman–Crippen LogP) is 2.68. The van der Waals surface area contributed by atoms with Gasteiger partial charge in [0.05, 0.1) is 7.11 Å². The van der Waals surface area contributed by atoms with Crippen LogP contribution in [-0.4, -0.2) is 34.3 Å². The molecule has 0 aliphatic heterocycles. The van der Waals surface area contributed by atoms with Gasteiger partial charge in [-0.05, 0) is 6.92 Å². The summed E-state index contributed by atoms with van der Waals surface area (Å²) in [6.07, 6.45) is -3.56. The zero-order chi connectivity index (χ0) is 17.0. The van der Waals surface area contributed by atoms with Gasteiger partial charge >= 0.3 is 12.2 Å². The largest absolute Gasteiger partial charge is 0.481 e. The smallest absolute Gasteiger partial charge is 0.415 e. The number of nitrogens with zero attached hydrogens (tertiary/aromatic N) is 3. The summed E-state index contributed by atoms with van der Waals surface area (Å²) >= 11 is 0.820. The van der Waals surface area contributed by atoms with Crippen LogP contribution in [0.3, 0.4) is 0 Å². The van der Waals surface area contributed by atoms with E-state index in [-0.39, 0.29) is 16.7 Å². The maximum atomic E-state index is 13.1. The predicted molar refractivity (Wildman–Crippen MR) is 76.4 cm³/mol. The number of hydrogen-bond acceptors (Lipinski definition) is 6. The number of ether oxygens (including phenoxy) is 1. The van der Waals surface area contributed by atoms with Crippen molar-refractivity contribution in [1.82, 2.24) is 20.3 Å². The summed E-state index contributed by atoms with van der Waals surface area (Å²) in [7, 11) is 1.36. The van der Waals surface area contributed by atoms with Crippen LogP contribution >= 0.6 is 11.3 Å². The summed E-state index contributed by atoms with van der Waals surface area (Å²) in [4.78, 5) is 23.0. The van der Waals surface area contributed by atoms with Crippen LogP contribution in [-0.2, 0) is 0 Å². The number of halogens is 3. The lowest BCUT2D eigenvalue weighted by molar-refractivity contribution is -0.154. The zero-order valence-corrected chi connectivity index (χ0v) is 12.8. The minimum absolute atomic E-state index is 0.00518. The molecule has 0 bridgehead atoms. The van der Waals surface area contributed by atoms with Gasteiger partial charge in [0.2, 0.25) is 5.88 Å². The average Bonchev–Trinajstić information content (AvgIpc) is 2.90. The fourth-order valence-electron chi connectivity index (χ4n) is 1.59. The first-order chi connectivity index (χ1) is 10.8. The van der Waals surface area contributed by atoms with Crippen LogP contribution in [0.1, 0.15) is 16.7 Å². The van der Waals surface area contributed by atoms with Gasteiger partial charge in [0.1, 0.15) is 17.2 Å². The molecule has 2 heterocycles. The van der Waals surface area contributed by atoms with Gasteiger partial charge in [-0.15, -0.1) is 11.3 Å². The molecular weight excluding hydrogens is 335 g/mol. The fourth-order valence-corrected chi connectivity index (χ4v) is 2.46. The third kappa shape index (κ3) is 4.52. The van der Waals surface area contributed by atoms with Gasteiger partial charge in [-0.1, -0.05) is 0 Å². The number of carbonyl (C=O) groups excluding carboxylic acids is 1. The number of nitrogens with one attached hydrogen (secondary N) is 2. The monoisotopic (exact) mass is 347 g/mol. The van der Waals surface area contributed by atoms with Crippen LogP contribution in [0.2, 0.25) is 0 Å². The molecule has 1 atom stereocenters. The van der Waals surface area contributed by atoms with Crippen molar-refractivity contribution in [3.8, 4) is 5.88 Å². The molecule has 0 unspecified atom stereocenters. The molecule has 0 aromatic carbocycles. The van der Waals surface area contributed by atoms with E-state index < -0.39 is 18.2 Å².